The summed E-state index contributed by atoms with van der Waals surface area (Å²) >= 11 is 0. The summed E-state index contributed by atoms with van der Waals surface area (Å²) in [5.74, 6) is 0. The van der Waals surface area contributed by atoms with E-state index in [9.17, 15) is 0 Å². The molecule has 0 bridgehead atoms. The number of hydrogen-bond donors (Lipinski definition) is 0. The fourth-order valence-corrected chi connectivity index (χ4v) is 2.28. The molecule has 0 spiro atoms. The van der Waals surface area contributed by atoms with E-state index in [1.165, 1.54) is 0 Å². The van der Waals surface area contributed by atoms with Crippen LogP contribution in [0.1, 0.15) is 17.1 Å². The van der Waals surface area contributed by atoms with Crippen LogP contribution in [0.15, 0.2) is 38.3 Å². The van der Waals surface area contributed by atoms with Gasteiger partial charge in [-0.05, 0) is 0 Å². The molecule has 3 aromatic rings. The van der Waals surface area contributed by atoms with Gasteiger partial charge in [0.15, 0.2) is 0 Å². The Morgan fingerprint density at radius 2 is 1.00 bits per heavy atom. The lowest BCUT2D eigenvalue weighted by molar-refractivity contribution is 0.238. The van der Waals surface area contributed by atoms with Crippen molar-refractivity contribution in [2.45, 2.75) is 19.6 Å². The van der Waals surface area contributed by atoms with Gasteiger partial charge >= 0.3 is 0 Å². The molecular formula is C15H18N10. The van der Waals surface area contributed by atoms with Crippen LogP contribution in [0.4, 0.5) is 0 Å². The van der Waals surface area contributed by atoms with Crippen molar-refractivity contribution in [3.63, 3.8) is 0 Å². The van der Waals surface area contributed by atoms with Crippen LogP contribution in [0, 0.1) is 0 Å². The lowest BCUT2D eigenvalue weighted by Crippen LogP contribution is -2.23. The highest BCUT2D eigenvalue weighted by Crippen LogP contribution is 2.10. The Labute approximate surface area is 144 Å². The largest absolute Gasteiger partial charge is 0.285 e. The van der Waals surface area contributed by atoms with Crippen LogP contribution in [-0.2, 0) is 19.6 Å². The van der Waals surface area contributed by atoms with Crippen molar-refractivity contribution in [1.82, 2.24) is 49.9 Å². The lowest BCUT2D eigenvalue weighted by atomic mass is 10.3. The van der Waals surface area contributed by atoms with Gasteiger partial charge in [-0.3, -0.25) is 4.90 Å². The molecule has 0 N–H and O–H groups in total. The molecule has 3 rings (SSSR count). The summed E-state index contributed by atoms with van der Waals surface area (Å²) < 4.78 is 4.69. The van der Waals surface area contributed by atoms with Gasteiger partial charge in [0.25, 0.3) is 0 Å². The van der Waals surface area contributed by atoms with Crippen molar-refractivity contribution in [1.29, 1.82) is 0 Å². The highest BCUT2D eigenvalue weighted by Gasteiger charge is 2.14. The molecule has 128 valence electrons. The number of nitrogens with zero attached hydrogens (tertiary/aromatic N) is 10. The molecule has 10 heteroatoms. The predicted molar refractivity (Wildman–Crippen MR) is 92.2 cm³/mol. The van der Waals surface area contributed by atoms with Gasteiger partial charge in [0.1, 0.15) is 0 Å². The van der Waals surface area contributed by atoms with Crippen LogP contribution in [0.3, 0.4) is 0 Å². The van der Waals surface area contributed by atoms with Crippen LogP contribution in [-0.4, -0.2) is 49.9 Å². The Bertz CT molecular complexity index is 756. The Hall–Kier alpha value is -3.40. The van der Waals surface area contributed by atoms with Gasteiger partial charge in [-0.25, -0.2) is 14.0 Å². The van der Waals surface area contributed by atoms with Gasteiger partial charge in [-0.15, -0.1) is 15.3 Å². The van der Waals surface area contributed by atoms with E-state index in [1.54, 1.807) is 32.6 Å². The topological polar surface area (TPSA) is 95.4 Å². The summed E-state index contributed by atoms with van der Waals surface area (Å²) in [6.07, 6.45) is 10.2. The highest BCUT2D eigenvalue weighted by atomic mass is 15.4. The van der Waals surface area contributed by atoms with Crippen LogP contribution < -0.4 is 0 Å². The molecule has 0 aliphatic heterocycles. The van der Waals surface area contributed by atoms with Gasteiger partial charge in [-0.1, -0.05) is 35.4 Å². The maximum atomic E-state index is 4.14. The number of hydrogen-bond acceptors (Lipinski definition) is 7. The number of aromatic nitrogens is 9. The quantitative estimate of drug-likeness (QED) is 0.573. The molecule has 0 aliphatic carbocycles. The van der Waals surface area contributed by atoms with Gasteiger partial charge in [0, 0.05) is 38.2 Å². The minimum atomic E-state index is 0.565. The summed E-state index contributed by atoms with van der Waals surface area (Å²) in [5.41, 5.74) is 2.44. The van der Waals surface area contributed by atoms with Crippen molar-refractivity contribution in [2.24, 2.45) is 0 Å². The van der Waals surface area contributed by atoms with E-state index < -0.39 is 0 Å². The first-order chi connectivity index (χ1) is 12.2. The third kappa shape index (κ3) is 4.12. The van der Waals surface area contributed by atoms with Crippen LogP contribution in [0.25, 0.3) is 18.6 Å². The molecule has 0 aromatic carbocycles. The van der Waals surface area contributed by atoms with Crippen molar-refractivity contribution >= 4 is 18.6 Å². The van der Waals surface area contributed by atoms with E-state index in [0.717, 1.165) is 17.1 Å². The smallest absolute Gasteiger partial charge is 0.0971 e. The third-order valence-electron chi connectivity index (χ3n) is 3.39. The van der Waals surface area contributed by atoms with Crippen LogP contribution in [0.5, 0.6) is 0 Å². The summed E-state index contributed by atoms with van der Waals surface area (Å²) in [4.78, 5) is 2.12. The molecule has 0 radical (unpaired) electrons. The Morgan fingerprint density at radius 3 is 1.24 bits per heavy atom. The molecule has 0 saturated carbocycles. The van der Waals surface area contributed by atoms with E-state index in [2.05, 4.69) is 55.6 Å². The maximum Gasteiger partial charge on any atom is 0.0971 e. The Morgan fingerprint density at radius 1 is 0.680 bits per heavy atom. The van der Waals surface area contributed by atoms with Gasteiger partial charge in [0.05, 0.1) is 35.7 Å². The first-order valence-electron chi connectivity index (χ1n) is 7.52. The minimum Gasteiger partial charge on any atom is -0.285 e. The monoisotopic (exact) mass is 338 g/mol. The summed E-state index contributed by atoms with van der Waals surface area (Å²) in [6.45, 7) is 12.7. The van der Waals surface area contributed by atoms with Gasteiger partial charge < -0.3 is 0 Å². The lowest BCUT2D eigenvalue weighted by Gasteiger charge is -2.18. The zero-order valence-corrected chi connectivity index (χ0v) is 13.7. The van der Waals surface area contributed by atoms with Gasteiger partial charge in [0.2, 0.25) is 0 Å². The van der Waals surface area contributed by atoms with E-state index in [1.807, 2.05) is 18.6 Å². The Kier molecular flexibility index (Phi) is 4.90. The molecule has 10 nitrogen and oxygen atoms in total. The van der Waals surface area contributed by atoms with Crippen LogP contribution in [0.2, 0.25) is 0 Å². The van der Waals surface area contributed by atoms with Crippen LogP contribution >= 0.6 is 0 Å². The molecule has 3 heterocycles. The highest BCUT2D eigenvalue weighted by molar-refractivity contribution is 5.16. The molecular weight excluding hydrogens is 320 g/mol. The normalized spacial score (nSPS) is 10.9. The van der Waals surface area contributed by atoms with E-state index in [4.69, 9.17) is 0 Å². The second kappa shape index (κ2) is 7.45. The van der Waals surface area contributed by atoms with Gasteiger partial charge in [-0.2, -0.15) is 0 Å². The summed E-state index contributed by atoms with van der Waals surface area (Å²) in [6, 6.07) is 0. The maximum absolute atomic E-state index is 4.14. The molecule has 0 aliphatic rings. The standard InChI is InChI=1S/C15H18N10/c1-4-23-10-13(16-19-23)7-22(8-14-11-24(5-2)20-17-14)9-15-12-25(6-3)21-18-15/h4-6,10-12H,1-3,7-9H2. The molecule has 0 atom stereocenters. The van der Waals surface area contributed by atoms with Crippen molar-refractivity contribution < 1.29 is 0 Å². The van der Waals surface area contributed by atoms with Crippen molar-refractivity contribution in [3.8, 4) is 0 Å². The molecule has 0 amide bonds. The second-order valence-electron chi connectivity index (χ2n) is 5.26. The van der Waals surface area contributed by atoms with Crippen molar-refractivity contribution in [3.05, 3.63) is 55.4 Å². The zero-order chi connectivity index (χ0) is 17.6. The fraction of sp³-hybridized carbons (Fsp3) is 0.200. The molecule has 0 fully saturated rings. The predicted octanol–water partition coefficient (Wildman–Crippen LogP) is 0.965. The number of rotatable bonds is 9. The zero-order valence-electron chi connectivity index (χ0n) is 13.7. The average molecular weight is 338 g/mol. The minimum absolute atomic E-state index is 0.565. The third-order valence-corrected chi connectivity index (χ3v) is 3.39. The molecule has 0 unspecified atom stereocenters. The molecule has 25 heavy (non-hydrogen) atoms. The van der Waals surface area contributed by atoms with E-state index >= 15 is 0 Å². The first-order valence-corrected chi connectivity index (χ1v) is 7.52. The molecule has 3 aromatic heterocycles. The van der Waals surface area contributed by atoms with Crippen molar-refractivity contribution in [2.75, 3.05) is 0 Å². The Balaban J connectivity index is 1.77. The van der Waals surface area contributed by atoms with E-state index in [-0.39, 0.29) is 0 Å². The van der Waals surface area contributed by atoms with E-state index in [0.29, 0.717) is 19.6 Å². The average Bonchev–Trinajstić information content (AvgIpc) is 3.35. The molecule has 0 saturated heterocycles. The fourth-order valence-electron chi connectivity index (χ4n) is 2.28. The first kappa shape index (κ1) is 16.5. The summed E-state index contributed by atoms with van der Waals surface area (Å²) in [7, 11) is 0. The second-order valence-corrected chi connectivity index (χ2v) is 5.26. The SMILES string of the molecule is C=Cn1cc(CN(Cc2cn(C=C)nn2)Cc2cn(C=C)nn2)nn1. The summed E-state index contributed by atoms with van der Waals surface area (Å²) in [5, 5.41) is 24.3.